The van der Waals surface area contributed by atoms with Crippen molar-refractivity contribution < 1.29 is 4.43 Å². The van der Waals surface area contributed by atoms with E-state index in [1.54, 1.807) is 0 Å². The molecule has 1 aliphatic rings. The van der Waals surface area contributed by atoms with Gasteiger partial charge >= 0.3 is 0 Å². The highest BCUT2D eigenvalue weighted by Crippen LogP contribution is 2.17. The van der Waals surface area contributed by atoms with Gasteiger partial charge in [-0.05, 0) is 43.8 Å². The van der Waals surface area contributed by atoms with Gasteiger partial charge in [0.05, 0.1) is 0 Å². The first kappa shape index (κ1) is 14.6. The van der Waals surface area contributed by atoms with Gasteiger partial charge in [0.2, 0.25) is 8.32 Å². The molecule has 1 N–H and O–H groups in total. The maximum absolute atomic E-state index is 5.97. The second-order valence-electron chi connectivity index (χ2n) is 6.20. The predicted molar refractivity (Wildman–Crippen MR) is 83.4 cm³/mol. The first-order valence-corrected chi connectivity index (χ1v) is 10.6. The summed E-state index contributed by atoms with van der Waals surface area (Å²) in [4.78, 5) is 2.53. The molecular weight excluding hydrogens is 252 g/mol. The largest absolute Gasteiger partial charge is 0.544 e. The predicted octanol–water partition coefficient (Wildman–Crippen LogP) is 2.35. The Hall–Kier alpha value is -0.843. The number of rotatable bonds is 5. The number of hydrogen-bond donors (Lipinski definition) is 1. The molecule has 1 aliphatic heterocycles. The minimum Gasteiger partial charge on any atom is -0.544 e. The molecule has 1 aromatic rings. The Morgan fingerprint density at radius 3 is 2.32 bits per heavy atom. The van der Waals surface area contributed by atoms with Gasteiger partial charge in [0.15, 0.2) is 0 Å². The second kappa shape index (κ2) is 6.55. The molecule has 0 aliphatic carbocycles. The third-order valence-electron chi connectivity index (χ3n) is 3.27. The second-order valence-corrected chi connectivity index (χ2v) is 10.6. The Balaban J connectivity index is 1.81. The zero-order valence-corrected chi connectivity index (χ0v) is 13.4. The Kier molecular flexibility index (Phi) is 5.02. The SMILES string of the molecule is C[Si](C)(C)Oc1ccc(CCN2CCNCC2)cc1. The highest BCUT2D eigenvalue weighted by molar-refractivity contribution is 6.70. The van der Waals surface area contributed by atoms with Gasteiger partial charge in [-0.1, -0.05) is 12.1 Å². The summed E-state index contributed by atoms with van der Waals surface area (Å²) in [6.45, 7) is 12.4. The van der Waals surface area contributed by atoms with Gasteiger partial charge < -0.3 is 14.6 Å². The molecule has 19 heavy (non-hydrogen) atoms. The van der Waals surface area contributed by atoms with Crippen LogP contribution < -0.4 is 9.74 Å². The molecule has 0 spiro atoms. The molecule has 3 nitrogen and oxygen atoms in total. The lowest BCUT2D eigenvalue weighted by molar-refractivity contribution is 0.244. The average molecular weight is 278 g/mol. The summed E-state index contributed by atoms with van der Waals surface area (Å²) in [5.74, 6) is 1.02. The Morgan fingerprint density at radius 2 is 1.74 bits per heavy atom. The van der Waals surface area contributed by atoms with Crippen LogP contribution in [0.15, 0.2) is 24.3 Å². The van der Waals surface area contributed by atoms with Crippen molar-refractivity contribution in [1.82, 2.24) is 10.2 Å². The van der Waals surface area contributed by atoms with E-state index >= 15 is 0 Å². The van der Waals surface area contributed by atoms with E-state index in [2.05, 4.69) is 54.1 Å². The topological polar surface area (TPSA) is 24.5 Å². The smallest absolute Gasteiger partial charge is 0.242 e. The highest BCUT2D eigenvalue weighted by Gasteiger charge is 2.16. The minimum atomic E-state index is -1.48. The van der Waals surface area contributed by atoms with Crippen LogP contribution in [0.3, 0.4) is 0 Å². The molecule has 0 aromatic heterocycles. The van der Waals surface area contributed by atoms with Gasteiger partial charge in [-0.3, -0.25) is 0 Å². The van der Waals surface area contributed by atoms with Gasteiger partial charge in [-0.2, -0.15) is 0 Å². The Morgan fingerprint density at radius 1 is 1.11 bits per heavy atom. The number of benzene rings is 1. The normalized spacial score (nSPS) is 17.4. The van der Waals surface area contributed by atoms with Crippen molar-refractivity contribution in [3.8, 4) is 5.75 Å². The Labute approximate surface area is 118 Å². The summed E-state index contributed by atoms with van der Waals surface area (Å²) in [5.41, 5.74) is 1.40. The van der Waals surface area contributed by atoms with Gasteiger partial charge in [0.1, 0.15) is 5.75 Å². The molecule has 0 radical (unpaired) electrons. The van der Waals surface area contributed by atoms with Crippen molar-refractivity contribution >= 4 is 8.32 Å². The number of nitrogens with zero attached hydrogens (tertiary/aromatic N) is 1. The molecule has 0 unspecified atom stereocenters. The van der Waals surface area contributed by atoms with Gasteiger partial charge in [-0.25, -0.2) is 0 Å². The van der Waals surface area contributed by atoms with Crippen molar-refractivity contribution in [3.05, 3.63) is 29.8 Å². The van der Waals surface area contributed by atoms with Crippen molar-refractivity contribution in [2.24, 2.45) is 0 Å². The fraction of sp³-hybridized carbons (Fsp3) is 0.600. The van der Waals surface area contributed by atoms with Crippen LogP contribution in [-0.4, -0.2) is 45.9 Å². The van der Waals surface area contributed by atoms with Crippen LogP contribution in [0.2, 0.25) is 19.6 Å². The molecule has 1 fully saturated rings. The zero-order valence-electron chi connectivity index (χ0n) is 12.4. The van der Waals surface area contributed by atoms with Crippen LogP contribution in [0, 0.1) is 0 Å². The van der Waals surface area contributed by atoms with E-state index in [0.717, 1.165) is 31.8 Å². The van der Waals surface area contributed by atoms with Crippen LogP contribution in [0.4, 0.5) is 0 Å². The fourth-order valence-electron chi connectivity index (χ4n) is 2.30. The summed E-state index contributed by atoms with van der Waals surface area (Å²) in [7, 11) is -1.48. The van der Waals surface area contributed by atoms with Crippen molar-refractivity contribution in [2.75, 3.05) is 32.7 Å². The average Bonchev–Trinajstić information content (AvgIpc) is 2.37. The summed E-state index contributed by atoms with van der Waals surface area (Å²) in [5, 5.41) is 3.39. The fourth-order valence-corrected chi connectivity index (χ4v) is 3.14. The summed E-state index contributed by atoms with van der Waals surface area (Å²) < 4.78 is 5.97. The van der Waals surface area contributed by atoms with Crippen molar-refractivity contribution in [2.45, 2.75) is 26.1 Å². The third kappa shape index (κ3) is 5.34. The van der Waals surface area contributed by atoms with Crippen molar-refractivity contribution in [3.63, 3.8) is 0 Å². The maximum Gasteiger partial charge on any atom is 0.242 e. The molecule has 1 saturated heterocycles. The zero-order chi connectivity index (χ0) is 13.7. The summed E-state index contributed by atoms with van der Waals surface area (Å²) in [6.07, 6.45) is 1.13. The van der Waals surface area contributed by atoms with Crippen molar-refractivity contribution in [1.29, 1.82) is 0 Å². The van der Waals surface area contributed by atoms with E-state index < -0.39 is 8.32 Å². The molecule has 0 atom stereocenters. The number of hydrogen-bond acceptors (Lipinski definition) is 3. The summed E-state index contributed by atoms with van der Waals surface area (Å²) >= 11 is 0. The number of piperazine rings is 1. The molecule has 4 heteroatoms. The first-order chi connectivity index (χ1) is 9.03. The van der Waals surface area contributed by atoms with E-state index in [4.69, 9.17) is 4.43 Å². The third-order valence-corrected chi connectivity index (χ3v) is 4.12. The van der Waals surface area contributed by atoms with Gasteiger partial charge in [0, 0.05) is 32.7 Å². The Bertz CT molecular complexity index is 380. The molecular formula is C15H26N2OSi. The molecule has 2 rings (SSSR count). The standard InChI is InChI=1S/C15H26N2OSi/c1-19(2,3)18-15-6-4-14(5-7-15)8-11-17-12-9-16-10-13-17/h4-7,16H,8-13H2,1-3H3. The van der Waals surface area contributed by atoms with Crippen LogP contribution in [0.25, 0.3) is 0 Å². The lowest BCUT2D eigenvalue weighted by Gasteiger charge is -2.27. The molecule has 106 valence electrons. The lowest BCUT2D eigenvalue weighted by Crippen LogP contribution is -2.44. The van der Waals surface area contributed by atoms with Crippen LogP contribution in [0.1, 0.15) is 5.56 Å². The molecule has 0 bridgehead atoms. The van der Waals surface area contributed by atoms with E-state index in [9.17, 15) is 0 Å². The summed E-state index contributed by atoms with van der Waals surface area (Å²) in [6, 6.07) is 8.64. The minimum absolute atomic E-state index is 1.02. The van der Waals surface area contributed by atoms with E-state index in [1.165, 1.54) is 18.7 Å². The van der Waals surface area contributed by atoms with Crippen LogP contribution >= 0.6 is 0 Å². The van der Waals surface area contributed by atoms with Crippen LogP contribution in [0.5, 0.6) is 5.75 Å². The molecule has 1 heterocycles. The van der Waals surface area contributed by atoms with E-state index in [0.29, 0.717) is 0 Å². The van der Waals surface area contributed by atoms with Crippen LogP contribution in [-0.2, 0) is 6.42 Å². The van der Waals surface area contributed by atoms with Gasteiger partial charge in [0.25, 0.3) is 0 Å². The molecule has 0 amide bonds. The highest BCUT2D eigenvalue weighted by atomic mass is 28.4. The first-order valence-electron chi connectivity index (χ1n) is 7.24. The molecule has 1 aromatic carbocycles. The monoisotopic (exact) mass is 278 g/mol. The lowest BCUT2D eigenvalue weighted by atomic mass is 10.1. The van der Waals surface area contributed by atoms with E-state index in [-0.39, 0.29) is 0 Å². The molecule has 0 saturated carbocycles. The quantitative estimate of drug-likeness (QED) is 0.837. The maximum atomic E-state index is 5.97. The number of nitrogens with one attached hydrogen (secondary N) is 1. The van der Waals surface area contributed by atoms with E-state index in [1.807, 2.05) is 0 Å². The van der Waals surface area contributed by atoms with Gasteiger partial charge in [-0.15, -0.1) is 0 Å².